The van der Waals surface area contributed by atoms with Crippen molar-refractivity contribution in [2.45, 2.75) is 30.5 Å². The van der Waals surface area contributed by atoms with Crippen LogP contribution in [-0.2, 0) is 9.47 Å². The summed E-state index contributed by atoms with van der Waals surface area (Å²) in [7, 11) is 5.34. The van der Waals surface area contributed by atoms with E-state index in [1.54, 1.807) is 14.2 Å². The number of aliphatic hydroxyl groups is 1. The molecule has 1 saturated heterocycles. The Morgan fingerprint density at radius 3 is 2.71 bits per heavy atom. The van der Waals surface area contributed by atoms with E-state index in [-0.39, 0.29) is 12.1 Å². The predicted molar refractivity (Wildman–Crippen MR) is 57.4 cm³/mol. The Morgan fingerprint density at radius 1 is 1.64 bits per heavy atom. The molecule has 2 N–H and O–H groups in total. The average Bonchev–Trinajstić information content (AvgIpc) is 2.43. The van der Waals surface area contributed by atoms with E-state index in [0.717, 1.165) is 0 Å². The third kappa shape index (κ3) is 2.11. The molecule has 4 nitrogen and oxygen atoms in total. The molecule has 0 bridgehead atoms. The minimum Gasteiger partial charge on any atom is -0.383 e. The molecule has 0 aromatic rings. The molecule has 0 amide bonds. The smallest absolute Gasteiger partial charge is 0.128 e. The topological polar surface area (TPSA) is 50.7 Å². The second-order valence-corrected chi connectivity index (χ2v) is 4.34. The predicted octanol–water partition coefficient (Wildman–Crippen LogP) is -1.21. The van der Waals surface area contributed by atoms with Crippen molar-refractivity contribution in [2.24, 2.45) is 0 Å². The summed E-state index contributed by atoms with van der Waals surface area (Å²) >= 11 is 0. The van der Waals surface area contributed by atoms with Crippen molar-refractivity contribution in [3.8, 4) is 0 Å². The van der Waals surface area contributed by atoms with Crippen LogP contribution < -0.4 is 5.32 Å². The summed E-state index contributed by atoms with van der Waals surface area (Å²) in [5.74, 6) is 0.436. The standard InChI is InChI=1S/C9H20BNO3/c1-6(10)7-8(14-3)9(12,4-11-7)5-13-2/h6-8,11-12H,4-5,10H2,1-3H3/t6-,7?,8?,9+/m1/s1. The summed E-state index contributed by atoms with van der Waals surface area (Å²) in [4.78, 5) is 0. The molecular weight excluding hydrogens is 181 g/mol. The monoisotopic (exact) mass is 201 g/mol. The van der Waals surface area contributed by atoms with Gasteiger partial charge in [-0.15, -0.1) is 0 Å². The van der Waals surface area contributed by atoms with E-state index in [2.05, 4.69) is 20.1 Å². The highest BCUT2D eigenvalue weighted by atomic mass is 16.5. The number of methoxy groups -OCH3 is 2. The Labute approximate surface area is 86.4 Å². The van der Waals surface area contributed by atoms with Crippen LogP contribution >= 0.6 is 0 Å². The summed E-state index contributed by atoms with van der Waals surface area (Å²) in [5, 5.41) is 13.5. The number of hydrogen-bond donors (Lipinski definition) is 2. The number of ether oxygens (including phenoxy) is 2. The summed E-state index contributed by atoms with van der Waals surface area (Å²) in [5.41, 5.74) is -0.890. The fourth-order valence-electron chi connectivity index (χ4n) is 2.17. The molecule has 0 radical (unpaired) electrons. The van der Waals surface area contributed by atoms with Gasteiger partial charge >= 0.3 is 0 Å². The zero-order chi connectivity index (χ0) is 10.8. The second kappa shape index (κ2) is 4.62. The van der Waals surface area contributed by atoms with Gasteiger partial charge in [-0.25, -0.2) is 0 Å². The van der Waals surface area contributed by atoms with Gasteiger partial charge in [0.15, 0.2) is 0 Å². The maximum Gasteiger partial charge on any atom is 0.128 e. The number of nitrogens with one attached hydrogen (secondary N) is 1. The molecule has 0 spiro atoms. The first-order valence-electron chi connectivity index (χ1n) is 5.02. The van der Waals surface area contributed by atoms with Crippen molar-refractivity contribution >= 4 is 7.85 Å². The average molecular weight is 201 g/mol. The molecule has 1 aliphatic heterocycles. The van der Waals surface area contributed by atoms with Gasteiger partial charge in [-0.3, -0.25) is 0 Å². The van der Waals surface area contributed by atoms with E-state index in [4.69, 9.17) is 9.47 Å². The Bertz CT molecular complexity index is 191. The minimum absolute atomic E-state index is 0.192. The summed E-state index contributed by atoms with van der Waals surface area (Å²) in [6.45, 7) is 2.95. The van der Waals surface area contributed by atoms with Gasteiger partial charge in [0.25, 0.3) is 0 Å². The number of hydrogen-bond acceptors (Lipinski definition) is 4. The van der Waals surface area contributed by atoms with Gasteiger partial charge in [-0.2, -0.15) is 0 Å². The summed E-state index contributed by atoms with van der Waals surface area (Å²) < 4.78 is 10.4. The lowest BCUT2D eigenvalue weighted by molar-refractivity contribution is -0.105. The van der Waals surface area contributed by atoms with Crippen LogP contribution in [-0.4, -0.2) is 58.1 Å². The fourth-order valence-corrected chi connectivity index (χ4v) is 2.17. The van der Waals surface area contributed by atoms with E-state index in [0.29, 0.717) is 19.0 Å². The molecule has 1 rings (SSSR count). The Kier molecular flexibility index (Phi) is 3.95. The van der Waals surface area contributed by atoms with E-state index in [1.807, 2.05) is 0 Å². The molecule has 1 fully saturated rings. The highest BCUT2D eigenvalue weighted by Gasteiger charge is 2.48. The molecule has 14 heavy (non-hydrogen) atoms. The molecule has 1 heterocycles. The maximum absolute atomic E-state index is 10.3. The van der Waals surface area contributed by atoms with Crippen LogP contribution in [0.2, 0.25) is 5.82 Å². The molecular formula is C9H20BNO3. The first-order valence-corrected chi connectivity index (χ1v) is 5.02. The summed E-state index contributed by atoms with van der Waals surface area (Å²) in [6, 6.07) is 0.195. The zero-order valence-electron chi connectivity index (χ0n) is 9.41. The van der Waals surface area contributed by atoms with Crippen LogP contribution in [0.15, 0.2) is 0 Å². The molecule has 0 saturated carbocycles. The first kappa shape index (κ1) is 12.0. The van der Waals surface area contributed by atoms with Gasteiger partial charge in [-0.1, -0.05) is 12.7 Å². The van der Waals surface area contributed by atoms with Crippen LogP contribution in [0.4, 0.5) is 0 Å². The van der Waals surface area contributed by atoms with Crippen molar-refractivity contribution in [1.82, 2.24) is 5.32 Å². The van der Waals surface area contributed by atoms with Gasteiger partial charge in [0.05, 0.1) is 6.61 Å². The third-order valence-corrected chi connectivity index (χ3v) is 2.87. The van der Waals surface area contributed by atoms with Crippen molar-refractivity contribution in [2.75, 3.05) is 27.4 Å². The third-order valence-electron chi connectivity index (χ3n) is 2.87. The van der Waals surface area contributed by atoms with Crippen molar-refractivity contribution < 1.29 is 14.6 Å². The highest BCUT2D eigenvalue weighted by molar-refractivity contribution is 6.11. The summed E-state index contributed by atoms with van der Waals surface area (Å²) in [6.07, 6.45) is -0.192. The largest absolute Gasteiger partial charge is 0.383 e. The van der Waals surface area contributed by atoms with Crippen LogP contribution in [0.5, 0.6) is 0 Å². The van der Waals surface area contributed by atoms with E-state index < -0.39 is 5.60 Å². The molecule has 82 valence electrons. The van der Waals surface area contributed by atoms with Crippen molar-refractivity contribution in [3.63, 3.8) is 0 Å². The van der Waals surface area contributed by atoms with Crippen molar-refractivity contribution in [3.05, 3.63) is 0 Å². The maximum atomic E-state index is 10.3. The lowest BCUT2D eigenvalue weighted by Crippen LogP contribution is -2.49. The molecule has 0 aromatic carbocycles. The van der Waals surface area contributed by atoms with Crippen LogP contribution in [0, 0.1) is 0 Å². The highest BCUT2D eigenvalue weighted by Crippen LogP contribution is 2.28. The Hall–Kier alpha value is -0.0951. The van der Waals surface area contributed by atoms with E-state index in [1.165, 1.54) is 0 Å². The second-order valence-electron chi connectivity index (χ2n) is 4.34. The molecule has 2 unspecified atom stereocenters. The Balaban J connectivity index is 2.72. The lowest BCUT2D eigenvalue weighted by atomic mass is 9.79. The van der Waals surface area contributed by atoms with E-state index >= 15 is 0 Å². The fraction of sp³-hybridized carbons (Fsp3) is 1.00. The number of rotatable bonds is 4. The zero-order valence-corrected chi connectivity index (χ0v) is 9.41. The minimum atomic E-state index is -0.890. The van der Waals surface area contributed by atoms with Gasteiger partial charge < -0.3 is 19.9 Å². The van der Waals surface area contributed by atoms with E-state index in [9.17, 15) is 5.11 Å². The van der Waals surface area contributed by atoms with Crippen LogP contribution in [0.25, 0.3) is 0 Å². The molecule has 1 aliphatic rings. The van der Waals surface area contributed by atoms with Crippen molar-refractivity contribution in [1.29, 1.82) is 0 Å². The Morgan fingerprint density at radius 2 is 2.29 bits per heavy atom. The molecule has 0 aromatic heterocycles. The van der Waals surface area contributed by atoms with Crippen LogP contribution in [0.3, 0.4) is 0 Å². The quantitative estimate of drug-likeness (QED) is 0.560. The lowest BCUT2D eigenvalue weighted by Gasteiger charge is -2.31. The van der Waals surface area contributed by atoms with Gasteiger partial charge in [0, 0.05) is 26.8 Å². The first-order chi connectivity index (χ1) is 6.55. The molecule has 5 heteroatoms. The molecule has 4 atom stereocenters. The number of β-amino-alcohol motifs (C(OH)–C–C–N with tert-alkyl or cyclic N) is 1. The van der Waals surface area contributed by atoms with Gasteiger partial charge in [0.2, 0.25) is 0 Å². The van der Waals surface area contributed by atoms with Crippen LogP contribution in [0.1, 0.15) is 6.92 Å². The normalized spacial score (nSPS) is 40.0. The van der Waals surface area contributed by atoms with Gasteiger partial charge in [-0.05, 0) is 0 Å². The SMILES string of the molecule is B[C@H](C)C1NC[C@](O)(COC)C1OC. The van der Waals surface area contributed by atoms with Gasteiger partial charge in [0.1, 0.15) is 19.6 Å². The molecule has 0 aliphatic carbocycles.